The van der Waals surface area contributed by atoms with Crippen molar-refractivity contribution in [1.82, 2.24) is 0 Å². The monoisotopic (exact) mass is 255 g/mol. The first-order valence-electron chi connectivity index (χ1n) is 2.93. The molecule has 1 rings (SSSR count). The molecule has 68 valence electrons. The van der Waals surface area contributed by atoms with Crippen molar-refractivity contribution in [2.75, 3.05) is 12.8 Å². The standard InChI is InChI=1S/C7H7BrFNO.ClH/c1-11-6-3-4(9)2-5(8)7(6)10;/h2-3H,10H2,1H3;1H. The summed E-state index contributed by atoms with van der Waals surface area (Å²) >= 11 is 3.09. The zero-order valence-corrected chi connectivity index (χ0v) is 8.71. The molecule has 2 nitrogen and oxygen atoms in total. The van der Waals surface area contributed by atoms with Crippen molar-refractivity contribution in [1.29, 1.82) is 0 Å². The number of nitrogens with two attached hydrogens (primary N) is 1. The maximum atomic E-state index is 12.6. The molecule has 0 saturated carbocycles. The van der Waals surface area contributed by atoms with Crippen molar-refractivity contribution in [2.24, 2.45) is 0 Å². The predicted molar refractivity (Wildman–Crippen MR) is 52.3 cm³/mol. The molecule has 0 radical (unpaired) electrons. The molecule has 0 saturated heterocycles. The summed E-state index contributed by atoms with van der Waals surface area (Å²) in [5, 5.41) is 0. The highest BCUT2D eigenvalue weighted by Gasteiger charge is 2.05. The largest absolute Gasteiger partial charge is 0.494 e. The van der Waals surface area contributed by atoms with Gasteiger partial charge in [0.15, 0.2) is 0 Å². The van der Waals surface area contributed by atoms with Crippen LogP contribution in [0.5, 0.6) is 5.75 Å². The second-order valence-corrected chi connectivity index (χ2v) is 2.86. The smallest absolute Gasteiger partial charge is 0.145 e. The fraction of sp³-hybridized carbons (Fsp3) is 0.143. The van der Waals surface area contributed by atoms with Crippen LogP contribution < -0.4 is 10.5 Å². The van der Waals surface area contributed by atoms with Crippen molar-refractivity contribution in [3.05, 3.63) is 22.4 Å². The first kappa shape index (κ1) is 11.5. The number of nitrogen functional groups attached to an aromatic ring is 1. The van der Waals surface area contributed by atoms with Gasteiger partial charge in [-0.15, -0.1) is 12.4 Å². The lowest BCUT2D eigenvalue weighted by molar-refractivity contribution is 0.413. The average Bonchev–Trinajstić information content (AvgIpc) is 1.96. The molecule has 5 heteroatoms. The van der Waals surface area contributed by atoms with Crippen molar-refractivity contribution in [2.45, 2.75) is 0 Å². The Bertz CT molecular complexity index is 282. The Morgan fingerprint density at radius 2 is 2.08 bits per heavy atom. The Balaban J connectivity index is 0.00000121. The third-order valence-electron chi connectivity index (χ3n) is 1.28. The Hall–Kier alpha value is -0.480. The lowest BCUT2D eigenvalue weighted by Gasteiger charge is -2.05. The van der Waals surface area contributed by atoms with Crippen LogP contribution in [-0.4, -0.2) is 7.11 Å². The molecule has 0 aliphatic rings. The summed E-state index contributed by atoms with van der Waals surface area (Å²) in [6, 6.07) is 2.53. The van der Waals surface area contributed by atoms with E-state index in [9.17, 15) is 4.39 Å². The van der Waals surface area contributed by atoms with Crippen molar-refractivity contribution < 1.29 is 9.13 Å². The molecule has 0 aliphatic heterocycles. The SMILES string of the molecule is COc1cc(F)cc(Br)c1N.Cl. The van der Waals surface area contributed by atoms with Crippen LogP contribution in [0.2, 0.25) is 0 Å². The van der Waals surface area contributed by atoms with Crippen molar-refractivity contribution >= 4 is 34.0 Å². The normalized spacial score (nSPS) is 8.92. The summed E-state index contributed by atoms with van der Waals surface area (Å²) in [5.74, 6) is -0.0280. The average molecular weight is 257 g/mol. The molecule has 0 aromatic heterocycles. The van der Waals surface area contributed by atoms with Crippen LogP contribution in [0.15, 0.2) is 16.6 Å². The zero-order chi connectivity index (χ0) is 8.43. The van der Waals surface area contributed by atoms with Gasteiger partial charge in [0, 0.05) is 10.5 Å². The minimum atomic E-state index is -0.372. The molecule has 0 bridgehead atoms. The molecule has 2 N–H and O–H groups in total. The number of benzene rings is 1. The number of hydrogen-bond acceptors (Lipinski definition) is 2. The van der Waals surface area contributed by atoms with E-state index in [-0.39, 0.29) is 18.2 Å². The van der Waals surface area contributed by atoms with Crippen LogP contribution >= 0.6 is 28.3 Å². The van der Waals surface area contributed by atoms with Crippen LogP contribution in [0.25, 0.3) is 0 Å². The molecule has 0 unspecified atom stereocenters. The number of rotatable bonds is 1. The molecule has 12 heavy (non-hydrogen) atoms. The van der Waals surface area contributed by atoms with Crippen LogP contribution in [0.1, 0.15) is 0 Å². The summed E-state index contributed by atoms with van der Waals surface area (Å²) in [6.07, 6.45) is 0. The van der Waals surface area contributed by atoms with Gasteiger partial charge in [-0.25, -0.2) is 4.39 Å². The van der Waals surface area contributed by atoms with Gasteiger partial charge in [-0.2, -0.15) is 0 Å². The van der Waals surface area contributed by atoms with Gasteiger partial charge in [-0.1, -0.05) is 0 Å². The minimum Gasteiger partial charge on any atom is -0.494 e. The Morgan fingerprint density at radius 3 is 2.58 bits per heavy atom. The van der Waals surface area contributed by atoms with Crippen LogP contribution in [0.4, 0.5) is 10.1 Å². The Labute approximate surface area is 84.4 Å². The summed E-state index contributed by atoms with van der Waals surface area (Å²) < 4.78 is 17.9. The van der Waals surface area contributed by atoms with E-state index in [1.807, 2.05) is 0 Å². The highest BCUT2D eigenvalue weighted by Crippen LogP contribution is 2.30. The predicted octanol–water partition coefficient (Wildman–Crippen LogP) is 2.60. The highest BCUT2D eigenvalue weighted by molar-refractivity contribution is 9.10. The topological polar surface area (TPSA) is 35.2 Å². The molecule has 1 aromatic carbocycles. The van der Waals surface area contributed by atoms with E-state index in [4.69, 9.17) is 10.5 Å². The van der Waals surface area contributed by atoms with Gasteiger partial charge in [-0.05, 0) is 22.0 Å². The van der Waals surface area contributed by atoms with E-state index in [2.05, 4.69) is 15.9 Å². The summed E-state index contributed by atoms with van der Waals surface area (Å²) in [5.41, 5.74) is 5.93. The maximum absolute atomic E-state index is 12.6. The first-order valence-corrected chi connectivity index (χ1v) is 3.73. The molecule has 1 aromatic rings. The zero-order valence-electron chi connectivity index (χ0n) is 6.30. The Morgan fingerprint density at radius 1 is 1.50 bits per heavy atom. The lowest BCUT2D eigenvalue weighted by atomic mass is 10.3. The quantitative estimate of drug-likeness (QED) is 0.784. The third-order valence-corrected chi connectivity index (χ3v) is 1.93. The minimum absolute atomic E-state index is 0. The number of hydrogen-bond donors (Lipinski definition) is 1. The van der Waals surface area contributed by atoms with Crippen LogP contribution in [0.3, 0.4) is 0 Å². The fourth-order valence-electron chi connectivity index (χ4n) is 0.730. The van der Waals surface area contributed by atoms with E-state index in [0.29, 0.717) is 15.9 Å². The number of anilines is 1. The lowest BCUT2D eigenvalue weighted by Crippen LogP contribution is -1.94. The van der Waals surface area contributed by atoms with Crippen molar-refractivity contribution in [3.8, 4) is 5.75 Å². The van der Waals surface area contributed by atoms with Crippen LogP contribution in [0, 0.1) is 5.82 Å². The van der Waals surface area contributed by atoms with Crippen molar-refractivity contribution in [3.63, 3.8) is 0 Å². The Kier molecular flexibility index (Phi) is 4.34. The van der Waals surface area contributed by atoms with Gasteiger partial charge in [0.25, 0.3) is 0 Å². The van der Waals surface area contributed by atoms with Gasteiger partial charge < -0.3 is 10.5 Å². The molecular weight excluding hydrogens is 248 g/mol. The second-order valence-electron chi connectivity index (χ2n) is 2.00. The van der Waals surface area contributed by atoms with Gasteiger partial charge in [0.05, 0.1) is 12.8 Å². The number of methoxy groups -OCH3 is 1. The second kappa shape index (κ2) is 4.52. The first-order chi connectivity index (χ1) is 5.15. The molecule has 0 fully saturated rings. The van der Waals surface area contributed by atoms with Gasteiger partial charge in [0.1, 0.15) is 11.6 Å². The van der Waals surface area contributed by atoms with Gasteiger partial charge in [-0.3, -0.25) is 0 Å². The van der Waals surface area contributed by atoms with E-state index in [1.54, 1.807) is 0 Å². The van der Waals surface area contributed by atoms with E-state index in [1.165, 1.54) is 19.2 Å². The van der Waals surface area contributed by atoms with E-state index < -0.39 is 0 Å². The maximum Gasteiger partial charge on any atom is 0.145 e. The molecule has 0 spiro atoms. The van der Waals surface area contributed by atoms with E-state index in [0.717, 1.165) is 0 Å². The van der Waals surface area contributed by atoms with Gasteiger partial charge >= 0.3 is 0 Å². The van der Waals surface area contributed by atoms with E-state index >= 15 is 0 Å². The molecule has 0 aliphatic carbocycles. The molecule has 0 heterocycles. The molecule has 0 atom stereocenters. The summed E-state index contributed by atoms with van der Waals surface area (Å²) in [4.78, 5) is 0. The van der Waals surface area contributed by atoms with Gasteiger partial charge in [0.2, 0.25) is 0 Å². The number of ether oxygens (including phenoxy) is 1. The molecule has 0 amide bonds. The fourth-order valence-corrected chi connectivity index (χ4v) is 1.14. The highest BCUT2D eigenvalue weighted by atomic mass is 79.9. The summed E-state index contributed by atoms with van der Waals surface area (Å²) in [6.45, 7) is 0. The third kappa shape index (κ3) is 2.25. The summed E-state index contributed by atoms with van der Waals surface area (Å²) in [7, 11) is 1.44. The molecular formula is C7H8BrClFNO. The van der Waals surface area contributed by atoms with Crippen LogP contribution in [-0.2, 0) is 0 Å². The number of halogens is 3.